The molecule has 2 aromatic carbocycles. The van der Waals surface area contributed by atoms with E-state index < -0.39 is 0 Å². The molecule has 0 bridgehead atoms. The van der Waals surface area contributed by atoms with Gasteiger partial charge in [0.25, 0.3) is 0 Å². The molecule has 1 aliphatic carbocycles. The molecule has 0 saturated carbocycles. The first kappa shape index (κ1) is 27.9. The van der Waals surface area contributed by atoms with Crippen molar-refractivity contribution < 1.29 is 19.1 Å². The Balaban J connectivity index is 1.01. The van der Waals surface area contributed by atoms with Gasteiger partial charge in [0.2, 0.25) is 11.8 Å². The summed E-state index contributed by atoms with van der Waals surface area (Å²) < 4.78 is 7.10. The molecule has 43 heavy (non-hydrogen) atoms. The van der Waals surface area contributed by atoms with Crippen molar-refractivity contribution in [2.24, 2.45) is 7.05 Å². The van der Waals surface area contributed by atoms with Crippen LogP contribution < -0.4 is 10.2 Å². The predicted molar refractivity (Wildman–Crippen MR) is 164 cm³/mol. The number of nitrogens with one attached hydrogen (secondary N) is 1. The lowest BCUT2D eigenvalue weighted by Gasteiger charge is -2.39. The maximum Gasteiger partial charge on any atom is 0.409 e. The quantitative estimate of drug-likeness (QED) is 0.439. The van der Waals surface area contributed by atoms with Crippen LogP contribution in [0.15, 0.2) is 36.4 Å². The average Bonchev–Trinajstić information content (AvgIpc) is 3.54. The highest BCUT2D eigenvalue weighted by molar-refractivity contribution is 6.02. The molecule has 3 amide bonds. The summed E-state index contributed by atoms with van der Waals surface area (Å²) in [7, 11) is 1.93. The van der Waals surface area contributed by atoms with Gasteiger partial charge in [-0.25, -0.2) is 4.79 Å². The van der Waals surface area contributed by atoms with Gasteiger partial charge in [-0.2, -0.15) is 5.10 Å². The first-order chi connectivity index (χ1) is 20.8. The van der Waals surface area contributed by atoms with Crippen LogP contribution in [0.3, 0.4) is 0 Å². The number of rotatable bonds is 4. The minimum absolute atomic E-state index is 0.172. The number of carbonyl (C=O) groups is 3. The zero-order valence-electron chi connectivity index (χ0n) is 25.2. The monoisotopic (exact) mass is 583 g/mol. The Morgan fingerprint density at radius 1 is 1.00 bits per heavy atom. The molecule has 1 aromatic heterocycles. The summed E-state index contributed by atoms with van der Waals surface area (Å²) in [5, 5.41) is 8.16. The van der Waals surface area contributed by atoms with Crippen molar-refractivity contribution >= 4 is 34.5 Å². The second kappa shape index (κ2) is 11.0. The SMILES string of the molecule is CCOC(=O)N1CCC2(CCc3cc(C4CCN(c5ccc6c(C7CCC(=O)NC7=O)nn(C)c6c5)CC4)ccc32)CC1. The van der Waals surface area contributed by atoms with E-state index in [1.54, 1.807) is 0 Å². The van der Waals surface area contributed by atoms with Crippen LogP contribution in [0, 0.1) is 0 Å². The highest BCUT2D eigenvalue weighted by Crippen LogP contribution is 2.47. The number of likely N-dealkylation sites (tertiary alicyclic amines) is 1. The minimum atomic E-state index is -0.386. The van der Waals surface area contributed by atoms with Gasteiger partial charge in [0.1, 0.15) is 0 Å². The molecule has 3 fully saturated rings. The summed E-state index contributed by atoms with van der Waals surface area (Å²) in [4.78, 5) is 40.7. The summed E-state index contributed by atoms with van der Waals surface area (Å²) >= 11 is 0. The van der Waals surface area contributed by atoms with E-state index in [-0.39, 0.29) is 29.2 Å². The lowest BCUT2D eigenvalue weighted by atomic mass is 9.73. The number of amides is 3. The fourth-order valence-electron chi connectivity index (χ4n) is 8.11. The van der Waals surface area contributed by atoms with Crippen LogP contribution in [0.25, 0.3) is 10.9 Å². The summed E-state index contributed by atoms with van der Waals surface area (Å²) in [5.41, 5.74) is 7.67. The first-order valence-electron chi connectivity index (χ1n) is 16.0. The van der Waals surface area contributed by atoms with Crippen molar-refractivity contribution in [3.8, 4) is 0 Å². The summed E-state index contributed by atoms with van der Waals surface area (Å²) in [6.07, 6.45) is 7.27. The lowest BCUT2D eigenvalue weighted by Crippen LogP contribution is -2.44. The Bertz CT molecular complexity index is 1580. The number of nitrogens with zero attached hydrogens (tertiary/aromatic N) is 4. The van der Waals surface area contributed by atoms with E-state index in [0.29, 0.717) is 25.4 Å². The van der Waals surface area contributed by atoms with E-state index in [1.165, 1.54) is 28.8 Å². The fraction of sp³-hybridized carbons (Fsp3) is 0.529. The Labute approximate surface area is 252 Å². The van der Waals surface area contributed by atoms with Gasteiger partial charge in [-0.15, -0.1) is 0 Å². The summed E-state index contributed by atoms with van der Waals surface area (Å²) in [6.45, 7) is 5.85. The van der Waals surface area contributed by atoms with E-state index in [4.69, 9.17) is 9.84 Å². The largest absolute Gasteiger partial charge is 0.450 e. The molecule has 3 aromatic rings. The normalized spacial score (nSPS) is 22.2. The van der Waals surface area contributed by atoms with Gasteiger partial charge in [0, 0.05) is 50.7 Å². The molecular weight excluding hydrogens is 542 g/mol. The summed E-state index contributed by atoms with van der Waals surface area (Å²) in [5.74, 6) is -0.279. The number of fused-ring (bicyclic) bond motifs is 3. The molecule has 3 saturated heterocycles. The van der Waals surface area contributed by atoms with Crippen molar-refractivity contribution in [1.29, 1.82) is 0 Å². The summed E-state index contributed by atoms with van der Waals surface area (Å²) in [6, 6.07) is 13.7. The third-order valence-electron chi connectivity index (χ3n) is 10.6. The zero-order chi connectivity index (χ0) is 29.7. The smallest absolute Gasteiger partial charge is 0.409 e. The van der Waals surface area contributed by atoms with Crippen LogP contribution in [-0.4, -0.2) is 65.4 Å². The first-order valence-corrected chi connectivity index (χ1v) is 16.0. The van der Waals surface area contributed by atoms with Gasteiger partial charge in [0.15, 0.2) is 0 Å². The number of aromatic nitrogens is 2. The topological polar surface area (TPSA) is 96.8 Å². The maximum absolute atomic E-state index is 12.5. The van der Waals surface area contributed by atoms with Crippen LogP contribution in [-0.2, 0) is 33.2 Å². The second-order valence-corrected chi connectivity index (χ2v) is 12.9. The molecule has 226 valence electrons. The highest BCUT2D eigenvalue weighted by atomic mass is 16.6. The van der Waals surface area contributed by atoms with Crippen LogP contribution in [0.2, 0.25) is 0 Å². The van der Waals surface area contributed by atoms with Crippen LogP contribution in [0.1, 0.15) is 86.1 Å². The number of anilines is 1. The molecule has 1 unspecified atom stereocenters. The molecule has 9 nitrogen and oxygen atoms in total. The highest BCUT2D eigenvalue weighted by Gasteiger charge is 2.42. The Kier molecular flexibility index (Phi) is 7.14. The lowest BCUT2D eigenvalue weighted by molar-refractivity contribution is -0.134. The Hall–Kier alpha value is -3.88. The molecule has 9 heteroatoms. The number of benzene rings is 2. The molecule has 0 radical (unpaired) electrons. The van der Waals surface area contributed by atoms with Crippen molar-refractivity contribution in [2.75, 3.05) is 37.7 Å². The Morgan fingerprint density at radius 2 is 1.79 bits per heavy atom. The molecular formula is C34H41N5O4. The van der Waals surface area contributed by atoms with Gasteiger partial charge in [-0.3, -0.25) is 19.6 Å². The molecule has 1 atom stereocenters. The number of hydrogen-bond donors (Lipinski definition) is 1. The maximum atomic E-state index is 12.5. The molecule has 3 aliphatic heterocycles. The number of hydrogen-bond acceptors (Lipinski definition) is 6. The average molecular weight is 584 g/mol. The van der Waals surface area contributed by atoms with E-state index in [0.717, 1.165) is 74.9 Å². The number of carbonyl (C=O) groups excluding carboxylic acids is 3. The van der Waals surface area contributed by atoms with E-state index in [9.17, 15) is 14.4 Å². The number of imide groups is 1. The predicted octanol–water partition coefficient (Wildman–Crippen LogP) is 4.91. The minimum Gasteiger partial charge on any atom is -0.450 e. The van der Waals surface area contributed by atoms with Gasteiger partial charge in [-0.05, 0) is 98.1 Å². The van der Waals surface area contributed by atoms with Gasteiger partial charge in [-0.1, -0.05) is 18.2 Å². The fourth-order valence-corrected chi connectivity index (χ4v) is 8.11. The van der Waals surface area contributed by atoms with Gasteiger partial charge >= 0.3 is 6.09 Å². The molecule has 4 aliphatic rings. The van der Waals surface area contributed by atoms with Crippen molar-refractivity contribution in [3.05, 3.63) is 58.8 Å². The van der Waals surface area contributed by atoms with Crippen LogP contribution in [0.5, 0.6) is 0 Å². The van der Waals surface area contributed by atoms with Crippen molar-refractivity contribution in [2.45, 2.75) is 75.5 Å². The third-order valence-corrected chi connectivity index (χ3v) is 10.6. The molecule has 1 N–H and O–H groups in total. The van der Waals surface area contributed by atoms with E-state index in [2.05, 4.69) is 46.6 Å². The molecule has 7 rings (SSSR count). The zero-order valence-corrected chi connectivity index (χ0v) is 25.2. The Morgan fingerprint density at radius 3 is 2.53 bits per heavy atom. The second-order valence-electron chi connectivity index (χ2n) is 12.9. The van der Waals surface area contributed by atoms with Crippen LogP contribution in [0.4, 0.5) is 10.5 Å². The van der Waals surface area contributed by atoms with E-state index in [1.807, 2.05) is 23.6 Å². The number of ether oxygens (including phenoxy) is 1. The molecule has 4 heterocycles. The van der Waals surface area contributed by atoms with Gasteiger partial charge in [0.05, 0.1) is 23.7 Å². The van der Waals surface area contributed by atoms with Crippen molar-refractivity contribution in [3.63, 3.8) is 0 Å². The number of piperidine rings is 3. The van der Waals surface area contributed by atoms with Crippen LogP contribution >= 0.6 is 0 Å². The van der Waals surface area contributed by atoms with Crippen molar-refractivity contribution in [1.82, 2.24) is 20.0 Å². The van der Waals surface area contributed by atoms with Gasteiger partial charge < -0.3 is 14.5 Å². The number of aryl methyl sites for hydroxylation is 2. The standard InChI is InChI=1S/C34H41N5O4/c1-3-43-33(42)39-18-14-34(15-19-39)13-10-24-20-23(4-8-28(24)34)22-11-16-38(17-12-22)25-5-6-26-29(21-25)37(2)36-31(26)27-7-9-30(40)35-32(27)41/h4-6,8,20-22,27H,3,7,9-19H2,1-2H3,(H,35,40,41). The van der Waals surface area contributed by atoms with E-state index >= 15 is 0 Å². The third kappa shape index (κ3) is 4.96. The molecule has 1 spiro atoms.